The molecule has 1 aromatic carbocycles. The van der Waals surface area contributed by atoms with E-state index in [4.69, 9.17) is 0 Å². The summed E-state index contributed by atoms with van der Waals surface area (Å²) in [4.78, 5) is 17.3. The fourth-order valence-corrected chi connectivity index (χ4v) is 3.45. The summed E-state index contributed by atoms with van der Waals surface area (Å²) in [6, 6.07) is 8.23. The molecule has 0 spiro atoms. The number of anilines is 1. The Hall–Kier alpha value is -0.850. The summed E-state index contributed by atoms with van der Waals surface area (Å²) in [6.07, 6.45) is 2.66. The van der Waals surface area contributed by atoms with Crippen molar-refractivity contribution in [1.29, 1.82) is 0 Å². The predicted molar refractivity (Wildman–Crippen MR) is 99.9 cm³/mol. The Kier molecular flexibility index (Phi) is 6.06. The summed E-state index contributed by atoms with van der Waals surface area (Å²) in [5.74, 6) is 0.454. The van der Waals surface area contributed by atoms with Crippen LogP contribution in [0, 0.1) is 0 Å². The Balaban J connectivity index is 1.88. The Morgan fingerprint density at radius 3 is 2.64 bits per heavy atom. The fourth-order valence-electron chi connectivity index (χ4n) is 1.69. The number of thioether (sulfide) groups is 1. The summed E-state index contributed by atoms with van der Waals surface area (Å²) in [5.41, 5.74) is 1.23. The lowest BCUT2D eigenvalue weighted by atomic mass is 10.1. The van der Waals surface area contributed by atoms with Crippen LogP contribution in [-0.2, 0) is 11.2 Å². The third kappa shape index (κ3) is 6.10. The number of nitrogens with zero attached hydrogens (tertiary/aromatic N) is 1. The van der Waals surface area contributed by atoms with Crippen molar-refractivity contribution in [3.8, 4) is 0 Å². The molecule has 1 N–H and O–H groups in total. The average molecular weight is 399 g/mol. The number of carbonyl (C=O) groups is 1. The smallest absolute Gasteiger partial charge is 0.236 e. The summed E-state index contributed by atoms with van der Waals surface area (Å²) in [5, 5.41) is 3.54. The van der Waals surface area contributed by atoms with Gasteiger partial charge in [0.05, 0.1) is 5.75 Å². The van der Waals surface area contributed by atoms with Gasteiger partial charge in [-0.2, -0.15) is 0 Å². The molecule has 0 saturated heterocycles. The highest BCUT2D eigenvalue weighted by molar-refractivity contribution is 9.10. The van der Waals surface area contributed by atoms with Crippen molar-refractivity contribution in [2.24, 2.45) is 0 Å². The van der Waals surface area contributed by atoms with E-state index in [9.17, 15) is 4.79 Å². The number of nitrogens with one attached hydrogen (secondary N) is 1. The van der Waals surface area contributed by atoms with Crippen molar-refractivity contribution in [3.63, 3.8) is 0 Å². The molecular formula is C16H19BrN2OS2. The molecule has 1 aromatic heterocycles. The molecule has 0 aliphatic carbocycles. The van der Waals surface area contributed by atoms with E-state index in [1.165, 1.54) is 16.9 Å². The van der Waals surface area contributed by atoms with E-state index in [0.717, 1.165) is 15.8 Å². The van der Waals surface area contributed by atoms with Crippen molar-refractivity contribution in [1.82, 2.24) is 4.98 Å². The molecule has 2 aromatic rings. The lowest BCUT2D eigenvalue weighted by Crippen LogP contribution is -2.18. The van der Waals surface area contributed by atoms with Crippen LogP contribution in [-0.4, -0.2) is 21.4 Å². The lowest BCUT2D eigenvalue weighted by Gasteiger charge is -2.16. The third-order valence-corrected chi connectivity index (χ3v) is 5.44. The summed E-state index contributed by atoms with van der Waals surface area (Å²) >= 11 is 6.59. The topological polar surface area (TPSA) is 42.0 Å². The van der Waals surface area contributed by atoms with Gasteiger partial charge < -0.3 is 5.32 Å². The molecule has 22 heavy (non-hydrogen) atoms. The normalized spacial score (nSPS) is 11.5. The molecule has 6 heteroatoms. The van der Waals surface area contributed by atoms with Crippen LogP contribution in [0.5, 0.6) is 0 Å². The van der Waals surface area contributed by atoms with Gasteiger partial charge in [-0.3, -0.25) is 4.79 Å². The van der Waals surface area contributed by atoms with Gasteiger partial charge in [-0.1, -0.05) is 48.8 Å². The highest BCUT2D eigenvalue weighted by Gasteiger charge is 2.14. The molecule has 2 rings (SSSR count). The van der Waals surface area contributed by atoms with Gasteiger partial charge in [0.15, 0.2) is 5.13 Å². The number of halogens is 1. The van der Waals surface area contributed by atoms with Gasteiger partial charge in [0.25, 0.3) is 0 Å². The van der Waals surface area contributed by atoms with Crippen LogP contribution in [0.25, 0.3) is 0 Å². The van der Waals surface area contributed by atoms with Crippen LogP contribution in [0.3, 0.4) is 0 Å². The van der Waals surface area contributed by atoms with Gasteiger partial charge in [0.2, 0.25) is 5.91 Å². The Bertz CT molecular complexity index is 632. The van der Waals surface area contributed by atoms with E-state index in [1.54, 1.807) is 11.8 Å². The van der Waals surface area contributed by atoms with E-state index in [0.29, 0.717) is 10.9 Å². The van der Waals surface area contributed by atoms with Gasteiger partial charge in [-0.15, -0.1) is 23.1 Å². The average Bonchev–Trinajstić information content (AvgIpc) is 2.86. The molecule has 0 unspecified atom stereocenters. The molecule has 0 aliphatic heterocycles. The second-order valence-corrected chi connectivity index (χ2v) is 9.72. The molecule has 3 nitrogen and oxygen atoms in total. The number of hydrogen-bond donors (Lipinski definition) is 1. The first-order chi connectivity index (χ1) is 10.3. The maximum absolute atomic E-state index is 11.9. The zero-order chi connectivity index (χ0) is 16.2. The highest BCUT2D eigenvalue weighted by Crippen LogP contribution is 2.25. The Labute approximate surface area is 148 Å². The summed E-state index contributed by atoms with van der Waals surface area (Å²) < 4.78 is 1.16. The van der Waals surface area contributed by atoms with Crippen LogP contribution >= 0.6 is 39.0 Å². The maximum Gasteiger partial charge on any atom is 0.236 e. The molecule has 1 amide bonds. The highest BCUT2D eigenvalue weighted by atomic mass is 79.9. The molecular weight excluding hydrogens is 380 g/mol. The number of rotatable bonds is 5. The zero-order valence-corrected chi connectivity index (χ0v) is 16.1. The first-order valence-electron chi connectivity index (χ1n) is 6.95. The number of aromatic nitrogens is 1. The van der Waals surface area contributed by atoms with Crippen LogP contribution in [0.4, 0.5) is 5.13 Å². The fraction of sp³-hybridized carbons (Fsp3) is 0.375. The molecule has 0 bridgehead atoms. The largest absolute Gasteiger partial charge is 0.301 e. The quantitative estimate of drug-likeness (QED) is 0.772. The Morgan fingerprint density at radius 2 is 2.00 bits per heavy atom. The second kappa shape index (κ2) is 7.62. The van der Waals surface area contributed by atoms with E-state index >= 15 is 0 Å². The molecule has 0 saturated carbocycles. The first-order valence-corrected chi connectivity index (χ1v) is 9.54. The Morgan fingerprint density at radius 1 is 1.32 bits per heavy atom. The van der Waals surface area contributed by atoms with Crippen LogP contribution in [0.15, 0.2) is 34.9 Å². The van der Waals surface area contributed by atoms with Gasteiger partial charge in [-0.25, -0.2) is 4.98 Å². The minimum absolute atomic E-state index is 0.00414. The SMILES string of the molecule is CC(C)(C)SCC(=O)Nc1ncc(Cc2ccc(Br)cc2)s1. The maximum atomic E-state index is 11.9. The number of hydrogen-bond acceptors (Lipinski definition) is 4. The van der Waals surface area contributed by atoms with Crippen molar-refractivity contribution >= 4 is 50.1 Å². The van der Waals surface area contributed by atoms with E-state index < -0.39 is 0 Å². The van der Waals surface area contributed by atoms with E-state index in [1.807, 2.05) is 18.3 Å². The molecule has 118 valence electrons. The number of amides is 1. The number of carbonyl (C=O) groups excluding carboxylic acids is 1. The van der Waals surface area contributed by atoms with Gasteiger partial charge in [0.1, 0.15) is 0 Å². The van der Waals surface area contributed by atoms with Crippen LogP contribution in [0.2, 0.25) is 0 Å². The molecule has 0 radical (unpaired) electrons. The van der Waals surface area contributed by atoms with Crippen molar-refractivity contribution < 1.29 is 4.79 Å². The van der Waals surface area contributed by atoms with Crippen molar-refractivity contribution in [2.45, 2.75) is 31.9 Å². The van der Waals surface area contributed by atoms with Gasteiger partial charge in [-0.05, 0) is 17.7 Å². The molecule has 1 heterocycles. The first kappa shape index (κ1) is 17.5. The van der Waals surface area contributed by atoms with Crippen molar-refractivity contribution in [3.05, 3.63) is 45.4 Å². The van der Waals surface area contributed by atoms with E-state index in [2.05, 4.69) is 59.1 Å². The lowest BCUT2D eigenvalue weighted by molar-refractivity contribution is -0.113. The van der Waals surface area contributed by atoms with Gasteiger partial charge >= 0.3 is 0 Å². The number of benzene rings is 1. The molecule has 0 fully saturated rings. The minimum atomic E-state index is 0.00414. The summed E-state index contributed by atoms with van der Waals surface area (Å²) in [7, 11) is 0. The minimum Gasteiger partial charge on any atom is -0.301 e. The van der Waals surface area contributed by atoms with E-state index in [-0.39, 0.29) is 10.7 Å². The molecule has 0 aliphatic rings. The second-order valence-electron chi connectivity index (χ2n) is 5.88. The van der Waals surface area contributed by atoms with Crippen LogP contribution < -0.4 is 5.32 Å². The predicted octanol–water partition coefficient (Wildman–Crippen LogP) is 4.97. The number of thiazole rings is 1. The third-order valence-electron chi connectivity index (χ3n) is 2.73. The van der Waals surface area contributed by atoms with Gasteiger partial charge in [0, 0.05) is 26.7 Å². The van der Waals surface area contributed by atoms with Crippen molar-refractivity contribution in [2.75, 3.05) is 11.1 Å². The summed E-state index contributed by atoms with van der Waals surface area (Å²) in [6.45, 7) is 6.31. The molecule has 0 atom stereocenters. The zero-order valence-electron chi connectivity index (χ0n) is 12.9. The van der Waals surface area contributed by atoms with Crippen LogP contribution in [0.1, 0.15) is 31.2 Å². The standard InChI is InChI=1S/C16H19BrN2OS2/c1-16(2,3)21-10-14(20)19-15-18-9-13(22-15)8-11-4-6-12(17)7-5-11/h4-7,9H,8,10H2,1-3H3,(H,18,19,20). The monoisotopic (exact) mass is 398 g/mol.